The Labute approximate surface area is 202 Å². The fourth-order valence-electron chi connectivity index (χ4n) is 7.88. The van der Waals surface area contributed by atoms with Crippen molar-refractivity contribution in [3.05, 3.63) is 70.6 Å². The van der Waals surface area contributed by atoms with Crippen molar-refractivity contribution >= 4 is 0 Å². The predicted molar refractivity (Wildman–Crippen MR) is 131 cm³/mol. The van der Waals surface area contributed by atoms with E-state index in [2.05, 4.69) is 55.0 Å². The second-order valence-electron chi connectivity index (χ2n) is 10.9. The topological polar surface area (TPSA) is 82.2 Å². The van der Waals surface area contributed by atoms with Crippen molar-refractivity contribution in [1.82, 2.24) is 9.80 Å². The molecule has 2 bridgehead atoms. The average molecular weight is 464 g/mol. The lowest BCUT2D eigenvalue weighted by molar-refractivity contribution is -0.195. The zero-order chi connectivity index (χ0) is 24.0. The van der Waals surface area contributed by atoms with Crippen LogP contribution in [0.25, 0.3) is 0 Å². The van der Waals surface area contributed by atoms with Crippen LogP contribution in [-0.4, -0.2) is 64.6 Å². The van der Waals surface area contributed by atoms with Crippen LogP contribution in [0.4, 0.5) is 0 Å². The first kappa shape index (κ1) is 22.4. The molecule has 1 spiro atoms. The SMILES string of the molecule is CCN(CC)C1=C[C@H]2[C@H]3CC4=CC(C)C(N)(O)C5=C4[C@@]2(CCN3C)[C@@](c2ccccc2)(O5)[C@H]1O. The maximum Gasteiger partial charge on any atom is 0.178 e. The van der Waals surface area contributed by atoms with Gasteiger partial charge in [0.15, 0.2) is 11.3 Å². The van der Waals surface area contributed by atoms with Crippen molar-refractivity contribution in [2.24, 2.45) is 23.0 Å². The zero-order valence-electron chi connectivity index (χ0n) is 20.7. The van der Waals surface area contributed by atoms with Gasteiger partial charge in [-0.1, -0.05) is 49.4 Å². The highest BCUT2D eigenvalue weighted by atomic mass is 16.5. The number of ether oxygens (including phenoxy) is 1. The quantitative estimate of drug-likeness (QED) is 0.596. The van der Waals surface area contributed by atoms with Gasteiger partial charge in [-0.2, -0.15) is 0 Å². The summed E-state index contributed by atoms with van der Waals surface area (Å²) < 4.78 is 7.03. The lowest BCUT2D eigenvalue weighted by atomic mass is 9.45. The molecule has 0 radical (unpaired) electrons. The van der Waals surface area contributed by atoms with Gasteiger partial charge >= 0.3 is 0 Å². The van der Waals surface area contributed by atoms with E-state index in [9.17, 15) is 10.2 Å². The molecular weight excluding hydrogens is 426 g/mol. The number of likely N-dealkylation sites (tertiary alicyclic amines) is 1. The highest BCUT2D eigenvalue weighted by Gasteiger charge is 2.76. The van der Waals surface area contributed by atoms with Crippen LogP contribution in [0.2, 0.25) is 0 Å². The number of aliphatic hydroxyl groups is 2. The molecule has 7 atom stereocenters. The summed E-state index contributed by atoms with van der Waals surface area (Å²) >= 11 is 0. The second kappa shape index (κ2) is 7.20. The molecule has 0 aromatic heterocycles. The Morgan fingerprint density at radius 3 is 2.56 bits per heavy atom. The zero-order valence-corrected chi connectivity index (χ0v) is 20.7. The molecule has 2 fully saturated rings. The second-order valence-corrected chi connectivity index (χ2v) is 10.9. The van der Waals surface area contributed by atoms with Crippen molar-refractivity contribution in [1.29, 1.82) is 0 Å². The number of aliphatic hydroxyl groups excluding tert-OH is 1. The molecule has 4 N–H and O–H groups in total. The van der Waals surface area contributed by atoms with Gasteiger partial charge in [0.2, 0.25) is 0 Å². The molecule has 0 amide bonds. The van der Waals surface area contributed by atoms with Gasteiger partial charge in [-0.05, 0) is 51.4 Å². The molecule has 3 aliphatic carbocycles. The van der Waals surface area contributed by atoms with Crippen molar-refractivity contribution in [2.45, 2.75) is 57.1 Å². The van der Waals surface area contributed by atoms with Gasteiger partial charge in [-0.25, -0.2) is 0 Å². The smallest absolute Gasteiger partial charge is 0.178 e. The van der Waals surface area contributed by atoms with E-state index in [1.54, 1.807) is 0 Å². The maximum absolute atomic E-state index is 12.3. The summed E-state index contributed by atoms with van der Waals surface area (Å²) in [6.45, 7) is 8.73. The number of hydrogen-bond donors (Lipinski definition) is 3. The normalized spacial score (nSPS) is 42.6. The molecule has 6 heteroatoms. The molecular formula is C28H37N3O3. The molecule has 1 saturated carbocycles. The first-order valence-corrected chi connectivity index (χ1v) is 12.8. The molecule has 34 heavy (non-hydrogen) atoms. The van der Waals surface area contributed by atoms with Crippen LogP contribution in [0, 0.1) is 17.3 Å². The summed E-state index contributed by atoms with van der Waals surface area (Å²) in [7, 11) is 2.22. The molecule has 2 heterocycles. The highest BCUT2D eigenvalue weighted by Crippen LogP contribution is 2.73. The lowest BCUT2D eigenvalue weighted by Crippen LogP contribution is -2.68. The molecule has 2 aliphatic heterocycles. The molecule has 6 rings (SSSR count). The summed E-state index contributed by atoms with van der Waals surface area (Å²) in [5.41, 5.74) is 7.64. The Kier molecular flexibility index (Phi) is 4.73. The summed E-state index contributed by atoms with van der Waals surface area (Å²) in [5, 5.41) is 23.9. The minimum absolute atomic E-state index is 0.138. The Bertz CT molecular complexity index is 1110. The summed E-state index contributed by atoms with van der Waals surface area (Å²) in [4.78, 5) is 4.73. The Morgan fingerprint density at radius 1 is 1.18 bits per heavy atom. The lowest BCUT2D eigenvalue weighted by Gasteiger charge is -2.63. The van der Waals surface area contributed by atoms with Crippen molar-refractivity contribution in [2.75, 3.05) is 26.7 Å². The first-order chi connectivity index (χ1) is 16.2. The van der Waals surface area contributed by atoms with E-state index in [-0.39, 0.29) is 11.8 Å². The molecule has 1 aromatic rings. The molecule has 182 valence electrons. The molecule has 1 aromatic carbocycles. The summed E-state index contributed by atoms with van der Waals surface area (Å²) in [6, 6.07) is 10.5. The van der Waals surface area contributed by atoms with Gasteiger partial charge in [-0.15, -0.1) is 0 Å². The number of nitrogens with zero attached hydrogens (tertiary/aromatic N) is 2. The van der Waals surface area contributed by atoms with Crippen LogP contribution in [-0.2, 0) is 10.3 Å². The predicted octanol–water partition coefficient (Wildman–Crippen LogP) is 2.70. The van der Waals surface area contributed by atoms with E-state index < -0.39 is 22.8 Å². The fraction of sp³-hybridized carbons (Fsp3) is 0.571. The van der Waals surface area contributed by atoms with Gasteiger partial charge in [0, 0.05) is 42.2 Å². The largest absolute Gasteiger partial charge is 0.478 e. The van der Waals surface area contributed by atoms with E-state index in [4.69, 9.17) is 10.5 Å². The average Bonchev–Trinajstić information content (AvgIpc) is 3.15. The number of likely N-dealkylation sites (N-methyl/N-ethyl adjacent to an activating group) is 1. The van der Waals surface area contributed by atoms with E-state index in [0.29, 0.717) is 11.8 Å². The number of benzene rings is 1. The number of piperidine rings is 1. The molecule has 1 saturated heterocycles. The Hall–Kier alpha value is -2.12. The van der Waals surface area contributed by atoms with Crippen molar-refractivity contribution in [3.63, 3.8) is 0 Å². The van der Waals surface area contributed by atoms with E-state index >= 15 is 0 Å². The summed E-state index contributed by atoms with van der Waals surface area (Å²) in [5.74, 6) is 0.336. The van der Waals surface area contributed by atoms with Crippen molar-refractivity contribution < 1.29 is 14.9 Å². The minimum Gasteiger partial charge on any atom is -0.478 e. The van der Waals surface area contributed by atoms with Gasteiger partial charge in [-0.3, -0.25) is 5.73 Å². The Morgan fingerprint density at radius 2 is 1.88 bits per heavy atom. The number of nitrogens with two attached hydrogens (primary N) is 1. The third-order valence-electron chi connectivity index (χ3n) is 9.61. The molecule has 5 aliphatic rings. The number of hydrogen-bond acceptors (Lipinski definition) is 6. The highest BCUT2D eigenvalue weighted by molar-refractivity contribution is 5.60. The van der Waals surface area contributed by atoms with Crippen LogP contribution in [0.3, 0.4) is 0 Å². The van der Waals surface area contributed by atoms with Crippen LogP contribution >= 0.6 is 0 Å². The molecule has 6 nitrogen and oxygen atoms in total. The minimum atomic E-state index is -1.61. The fourth-order valence-corrected chi connectivity index (χ4v) is 7.88. The summed E-state index contributed by atoms with van der Waals surface area (Å²) in [6.07, 6.45) is 5.34. The van der Waals surface area contributed by atoms with E-state index in [1.807, 2.05) is 25.1 Å². The standard InChI is InChI=1S/C28H37N3O3/c1-5-31(6-2)22-16-20-21-15-18-14-17(3)28(29,33)25-23(18)26(20,12-13-30(21)4)27(34-25,24(22)32)19-10-8-7-9-11-19/h7-11,14,16-17,20-21,24,32-33H,5-6,12-13,15,29H2,1-4H3/t17?,20-,21+,24-,26-,27-,28?/m0/s1. The van der Waals surface area contributed by atoms with Crippen LogP contribution in [0.5, 0.6) is 0 Å². The van der Waals surface area contributed by atoms with Gasteiger partial charge in [0.05, 0.1) is 5.41 Å². The van der Waals surface area contributed by atoms with Crippen LogP contribution in [0.1, 0.15) is 39.2 Å². The Balaban J connectivity index is 1.70. The van der Waals surface area contributed by atoms with Gasteiger partial charge in [0.25, 0.3) is 0 Å². The monoisotopic (exact) mass is 463 g/mol. The van der Waals surface area contributed by atoms with Crippen LogP contribution < -0.4 is 5.73 Å². The van der Waals surface area contributed by atoms with Gasteiger partial charge in [0.1, 0.15) is 11.9 Å². The van der Waals surface area contributed by atoms with Gasteiger partial charge < -0.3 is 24.7 Å². The number of rotatable bonds is 4. The molecule has 2 unspecified atom stereocenters. The van der Waals surface area contributed by atoms with Crippen molar-refractivity contribution in [3.8, 4) is 0 Å². The van der Waals surface area contributed by atoms with Crippen LogP contribution in [0.15, 0.2) is 65.1 Å². The third kappa shape index (κ3) is 2.40. The van der Waals surface area contributed by atoms with E-state index in [1.165, 1.54) is 5.57 Å². The maximum atomic E-state index is 12.3. The van der Waals surface area contributed by atoms with E-state index in [0.717, 1.165) is 49.3 Å². The third-order valence-corrected chi connectivity index (χ3v) is 9.61. The first-order valence-electron chi connectivity index (χ1n) is 12.8.